The molecule has 0 aliphatic rings. The first-order chi connectivity index (χ1) is 59.3. The third-order valence-electron chi connectivity index (χ3n) is 23.0. The van der Waals surface area contributed by atoms with Gasteiger partial charge >= 0.3 is 0 Å². The molecule has 4 heterocycles. The zero-order valence-electron chi connectivity index (χ0n) is 71.2. The van der Waals surface area contributed by atoms with Crippen molar-refractivity contribution in [2.75, 3.05) is 0 Å². The minimum absolute atomic E-state index is 0.0288. The SMILES string of the molecule is Cc1cc(C)cc(-c2cc3cc4c(oc5cc(-c6ccccc6)cc(-c6ccccc6)c54)c4c(-c5cc(C)cc(C)c5)cc5cc6c(oc7cc(-c8ccccc8)cc(-c8ccccc8)c76)c2c5c34)c1.[2H]c1c([2H])c([2H])c(-c2cc3c4oc5ccccc5c4cc4c(-c5c([2H])c([2H])c([2H])c([2H])c5[2H])cc5c6oc7ccccc7c6cc2c5c43)c([2H])c1[2H]. The van der Waals surface area contributed by atoms with Gasteiger partial charge in [0.15, 0.2) is 0 Å². The Balaban J connectivity index is 0.000000148. The van der Waals surface area contributed by atoms with Crippen LogP contribution in [0.1, 0.15) is 36.0 Å². The molecule has 0 unspecified atom stereocenters. The van der Waals surface area contributed by atoms with Crippen LogP contribution < -0.4 is 0 Å². The first-order valence-electron chi connectivity index (χ1n) is 42.8. The molecule has 0 amide bonds. The van der Waals surface area contributed by atoms with E-state index in [1.807, 2.05) is 60.7 Å². The molecule has 0 spiro atoms. The molecule has 4 heteroatoms. The molecule has 24 aromatic rings. The molecule has 0 saturated heterocycles. The van der Waals surface area contributed by atoms with E-state index in [0.717, 1.165) is 121 Å². The predicted molar refractivity (Wildman–Crippen MR) is 472 cm³/mol. The molecule has 24 rings (SSSR count). The van der Waals surface area contributed by atoms with Crippen LogP contribution in [0.3, 0.4) is 0 Å². The summed E-state index contributed by atoms with van der Waals surface area (Å²) in [7, 11) is 0. The van der Waals surface area contributed by atoms with Crippen molar-refractivity contribution in [3.8, 4) is 89.0 Å². The van der Waals surface area contributed by atoms with Crippen molar-refractivity contribution in [2.45, 2.75) is 27.7 Å². The lowest BCUT2D eigenvalue weighted by Crippen LogP contribution is -1.93. The molecule has 112 heavy (non-hydrogen) atoms. The van der Waals surface area contributed by atoms with Crippen LogP contribution in [0.2, 0.25) is 0 Å². The lowest BCUT2D eigenvalue weighted by Gasteiger charge is -2.19. The summed E-state index contributed by atoms with van der Waals surface area (Å²) < 4.78 is 115. The topological polar surface area (TPSA) is 52.6 Å². The fraction of sp³-hybridized carbons (Fsp3) is 0.0370. The number of aryl methyl sites for hydroxylation is 4. The molecule has 0 radical (unpaired) electrons. The number of hydrogen-bond donors (Lipinski definition) is 0. The van der Waals surface area contributed by atoms with E-state index in [1.54, 1.807) is 12.1 Å². The quantitative estimate of drug-likeness (QED) is 0.142. The predicted octanol–water partition coefficient (Wildman–Crippen LogP) is 31.3. The average Bonchev–Trinajstić information content (AvgIpc) is 1.37. The highest BCUT2D eigenvalue weighted by atomic mass is 16.3. The van der Waals surface area contributed by atoms with Crippen LogP contribution in [0.25, 0.3) is 241 Å². The number of hydrogen-bond acceptors (Lipinski definition) is 4. The van der Waals surface area contributed by atoms with Gasteiger partial charge in [-0.1, -0.05) is 277 Å². The number of benzene rings is 20. The number of para-hydroxylation sites is 2. The first-order valence-corrected chi connectivity index (χ1v) is 37.8. The largest absolute Gasteiger partial charge is 0.455 e. The van der Waals surface area contributed by atoms with Crippen LogP contribution in [-0.4, -0.2) is 0 Å². The smallest absolute Gasteiger partial charge is 0.143 e. The van der Waals surface area contributed by atoms with Gasteiger partial charge in [0.2, 0.25) is 0 Å². The van der Waals surface area contributed by atoms with Gasteiger partial charge in [0, 0.05) is 86.2 Å². The molecule has 0 N–H and O–H groups in total. The molecule has 0 bridgehead atoms. The molecule has 4 nitrogen and oxygen atoms in total. The summed E-state index contributed by atoms with van der Waals surface area (Å²) in [6.45, 7) is 8.81. The fourth-order valence-corrected chi connectivity index (χ4v) is 18.5. The van der Waals surface area contributed by atoms with E-state index in [9.17, 15) is 0 Å². The third kappa shape index (κ3) is 9.81. The van der Waals surface area contributed by atoms with Crippen molar-refractivity contribution in [1.82, 2.24) is 0 Å². The van der Waals surface area contributed by atoms with Crippen LogP contribution in [0, 0.1) is 27.7 Å². The summed E-state index contributed by atoms with van der Waals surface area (Å²) in [5, 5.41) is 18.0. The monoisotopic (exact) mass is 1440 g/mol. The van der Waals surface area contributed by atoms with Crippen LogP contribution in [-0.2, 0) is 0 Å². The second kappa shape index (κ2) is 24.6. The molecular formula is C108H68O4. The molecular weight excluding hydrogens is 1360 g/mol. The van der Waals surface area contributed by atoms with E-state index in [4.69, 9.17) is 31.4 Å². The van der Waals surface area contributed by atoms with Gasteiger partial charge in [-0.25, -0.2) is 0 Å². The molecule has 524 valence electrons. The Morgan fingerprint density at radius 1 is 0.188 bits per heavy atom. The van der Waals surface area contributed by atoms with Gasteiger partial charge in [0.25, 0.3) is 0 Å². The maximum Gasteiger partial charge on any atom is 0.143 e. The van der Waals surface area contributed by atoms with E-state index in [0.29, 0.717) is 76.5 Å². The molecule has 0 aliphatic heterocycles. The van der Waals surface area contributed by atoms with Crippen LogP contribution in [0.4, 0.5) is 0 Å². The standard InChI is InChI=1S/C68H46O2.C40H22O2/c1-39-25-40(2)28-49(27-39)55-33-51-35-58-64-54(46-23-15-8-16-24-46)32-48(44-19-11-6-12-20-44)38-60(64)70-68(58)66-56(50-29-41(3)26-42(4)30-50)34-52-36-57-63-53(45-21-13-7-14-22-45)31-47(43-17-9-5-10-18-43)37-59(63)69-67(57)65(55)61(52)62(51)66;1-3-11-23(12-4-1)27-19-33-38-30(22-32-26-16-8-10-18-36(26)41-39(32)33)28(24-13-5-2-6-14-24)20-34-37(38)29(27)21-31-25-15-7-9-17-35(25)42-40(31)34/h5-38H,1-4H3;1-22H/i;1D,2D,3D,4D,5D,6D,11D,12D,13D,14D. The van der Waals surface area contributed by atoms with E-state index < -0.39 is 36.3 Å². The van der Waals surface area contributed by atoms with E-state index >= 15 is 0 Å². The minimum Gasteiger partial charge on any atom is -0.455 e. The normalized spacial score (nSPS) is 13.4. The summed E-state index contributed by atoms with van der Waals surface area (Å²) >= 11 is 0. The van der Waals surface area contributed by atoms with Gasteiger partial charge in [-0.15, -0.1) is 0 Å². The highest BCUT2D eigenvalue weighted by Crippen LogP contribution is 2.56. The summed E-state index contributed by atoms with van der Waals surface area (Å²) in [5.41, 5.74) is 25.3. The van der Waals surface area contributed by atoms with Crippen molar-refractivity contribution in [3.63, 3.8) is 0 Å². The zero-order chi connectivity index (χ0) is 82.8. The van der Waals surface area contributed by atoms with Crippen molar-refractivity contribution < 1.29 is 31.4 Å². The van der Waals surface area contributed by atoms with Gasteiger partial charge < -0.3 is 17.7 Å². The Bertz CT molecular complexity index is 8060. The van der Waals surface area contributed by atoms with Crippen molar-refractivity contribution in [2.24, 2.45) is 0 Å². The van der Waals surface area contributed by atoms with Crippen molar-refractivity contribution in [1.29, 1.82) is 0 Å². The molecule has 0 aliphatic carbocycles. The average molecular weight is 1440 g/mol. The van der Waals surface area contributed by atoms with Gasteiger partial charge in [-0.05, 0) is 223 Å². The third-order valence-corrected chi connectivity index (χ3v) is 23.0. The summed E-state index contributed by atoms with van der Waals surface area (Å²) in [6, 6.07) is 93.9. The van der Waals surface area contributed by atoms with Gasteiger partial charge in [-0.3, -0.25) is 0 Å². The second-order valence-corrected chi connectivity index (χ2v) is 30.0. The van der Waals surface area contributed by atoms with E-state index in [-0.39, 0.29) is 35.3 Å². The highest BCUT2D eigenvalue weighted by Gasteiger charge is 2.30. The van der Waals surface area contributed by atoms with Gasteiger partial charge in [0.1, 0.15) is 44.7 Å². The Morgan fingerprint density at radius 2 is 0.527 bits per heavy atom. The number of furan rings is 4. The van der Waals surface area contributed by atoms with Crippen molar-refractivity contribution >= 4 is 152 Å². The van der Waals surface area contributed by atoms with E-state index in [1.165, 1.54) is 54.9 Å². The second-order valence-electron chi connectivity index (χ2n) is 30.0. The Morgan fingerprint density at radius 3 is 0.920 bits per heavy atom. The van der Waals surface area contributed by atoms with Crippen molar-refractivity contribution in [3.05, 3.63) is 362 Å². The van der Waals surface area contributed by atoms with Gasteiger partial charge in [0.05, 0.1) is 13.7 Å². The lowest BCUT2D eigenvalue weighted by molar-refractivity contribution is 0.672. The maximum absolute atomic E-state index is 9.01. The Hall–Kier alpha value is -14.3. The summed E-state index contributed by atoms with van der Waals surface area (Å²) in [4.78, 5) is 0. The molecule has 4 aromatic heterocycles. The summed E-state index contributed by atoms with van der Waals surface area (Å²) in [6.07, 6.45) is 0. The van der Waals surface area contributed by atoms with Crippen LogP contribution in [0.15, 0.2) is 357 Å². The molecule has 20 aromatic carbocycles. The molecule has 0 saturated carbocycles. The van der Waals surface area contributed by atoms with Crippen LogP contribution >= 0.6 is 0 Å². The van der Waals surface area contributed by atoms with Gasteiger partial charge in [-0.2, -0.15) is 0 Å². The van der Waals surface area contributed by atoms with Crippen LogP contribution in [0.5, 0.6) is 0 Å². The number of rotatable bonds is 8. The zero-order valence-corrected chi connectivity index (χ0v) is 61.2. The molecule has 0 atom stereocenters. The maximum atomic E-state index is 9.01. The lowest BCUT2D eigenvalue weighted by atomic mass is 9.83. The fourth-order valence-electron chi connectivity index (χ4n) is 18.5. The summed E-state index contributed by atoms with van der Waals surface area (Å²) in [5.74, 6) is 0. The number of fused-ring (bicyclic) bond motifs is 16. The first kappa shape index (κ1) is 54.3. The highest BCUT2D eigenvalue weighted by molar-refractivity contribution is 6.41. The van der Waals surface area contributed by atoms with E-state index in [2.05, 4.69) is 234 Å². The Kier molecular flexibility index (Phi) is 11.9. The minimum atomic E-state index is -0.498. The molecule has 0 fully saturated rings. The Labute approximate surface area is 658 Å².